The first-order chi connectivity index (χ1) is 14.8. The van der Waals surface area contributed by atoms with Crippen LogP contribution in [0.3, 0.4) is 0 Å². The average molecular weight is 429 g/mol. The molecule has 1 atom stereocenters. The number of nitro benzene ring substituents is 1. The number of esters is 1. The lowest BCUT2D eigenvalue weighted by molar-refractivity contribution is -0.384. The summed E-state index contributed by atoms with van der Waals surface area (Å²) < 4.78 is 19.9. The van der Waals surface area contributed by atoms with E-state index in [1.54, 1.807) is 12.1 Å². The average Bonchev–Trinajstić information content (AvgIpc) is 2.73. The van der Waals surface area contributed by atoms with Crippen LogP contribution in [-0.2, 0) is 4.74 Å². The number of nitrogens with zero attached hydrogens (tertiary/aromatic N) is 2. The van der Waals surface area contributed by atoms with E-state index in [4.69, 9.17) is 4.74 Å². The molecule has 3 rings (SSSR count). The van der Waals surface area contributed by atoms with Gasteiger partial charge in [-0.2, -0.15) is 0 Å². The van der Waals surface area contributed by atoms with E-state index in [2.05, 4.69) is 4.90 Å². The van der Waals surface area contributed by atoms with Crippen molar-refractivity contribution in [2.75, 3.05) is 20.6 Å². The Morgan fingerprint density at radius 3 is 2.42 bits per heavy atom. The maximum absolute atomic E-state index is 14.0. The second kappa shape index (κ2) is 10.0. The highest BCUT2D eigenvalue weighted by Crippen LogP contribution is 2.44. The number of hydrogen-bond acceptors (Lipinski definition) is 5. The fraction of sp³-hybridized carbons (Fsp3) is 0.458. The Kier molecular flexibility index (Phi) is 7.38. The number of ether oxygens (including phenoxy) is 1. The maximum Gasteiger partial charge on any atom is 0.338 e. The number of non-ortho nitro benzene ring substituents is 1. The Morgan fingerprint density at radius 1 is 1.16 bits per heavy atom. The quantitative estimate of drug-likeness (QED) is 0.314. The zero-order chi connectivity index (χ0) is 22.4. The first kappa shape index (κ1) is 22.9. The third kappa shape index (κ3) is 6.10. The maximum atomic E-state index is 14.0. The number of hydrogen-bond donors (Lipinski definition) is 0. The molecule has 7 heteroatoms. The number of halogens is 1. The second-order valence-electron chi connectivity index (χ2n) is 8.76. The van der Waals surface area contributed by atoms with E-state index < -0.39 is 17.0 Å². The Morgan fingerprint density at radius 2 is 1.84 bits per heavy atom. The van der Waals surface area contributed by atoms with Crippen LogP contribution in [0.4, 0.5) is 10.1 Å². The molecular formula is C24H29FN2O4. The van der Waals surface area contributed by atoms with Crippen LogP contribution in [0, 0.1) is 21.3 Å². The molecule has 0 N–H and O–H groups in total. The lowest BCUT2D eigenvalue weighted by atomic mass is 9.69. The molecular weight excluding hydrogens is 399 g/mol. The van der Waals surface area contributed by atoms with E-state index in [0.29, 0.717) is 12.0 Å². The Hall–Kier alpha value is -2.80. The molecule has 0 spiro atoms. The van der Waals surface area contributed by atoms with Crippen molar-refractivity contribution in [3.8, 4) is 0 Å². The van der Waals surface area contributed by atoms with E-state index in [0.717, 1.165) is 32.2 Å². The summed E-state index contributed by atoms with van der Waals surface area (Å²) >= 11 is 0. The molecule has 166 valence electrons. The van der Waals surface area contributed by atoms with Gasteiger partial charge in [0.2, 0.25) is 0 Å². The van der Waals surface area contributed by atoms with Gasteiger partial charge in [0.1, 0.15) is 11.9 Å². The third-order valence-corrected chi connectivity index (χ3v) is 5.97. The minimum atomic E-state index is -0.601. The molecule has 31 heavy (non-hydrogen) atoms. The van der Waals surface area contributed by atoms with E-state index in [-0.39, 0.29) is 22.5 Å². The van der Waals surface area contributed by atoms with Gasteiger partial charge in [-0.3, -0.25) is 10.1 Å². The molecule has 0 heterocycles. The highest BCUT2D eigenvalue weighted by molar-refractivity contribution is 5.89. The minimum Gasteiger partial charge on any atom is -0.454 e. The number of nitro groups is 1. The van der Waals surface area contributed by atoms with Crippen molar-refractivity contribution in [1.29, 1.82) is 0 Å². The molecule has 1 aliphatic rings. The summed E-state index contributed by atoms with van der Waals surface area (Å²) in [5.74, 6) is -0.945. The van der Waals surface area contributed by atoms with Crippen molar-refractivity contribution in [3.63, 3.8) is 0 Å². The van der Waals surface area contributed by atoms with Crippen LogP contribution < -0.4 is 0 Å². The van der Waals surface area contributed by atoms with Crippen molar-refractivity contribution in [3.05, 3.63) is 75.6 Å². The minimum absolute atomic E-state index is 0.0194. The molecule has 2 aromatic carbocycles. The van der Waals surface area contributed by atoms with Crippen LogP contribution in [-0.4, -0.2) is 36.4 Å². The molecule has 0 amide bonds. The van der Waals surface area contributed by atoms with Gasteiger partial charge in [0.25, 0.3) is 5.69 Å². The van der Waals surface area contributed by atoms with Gasteiger partial charge in [-0.25, -0.2) is 9.18 Å². The summed E-state index contributed by atoms with van der Waals surface area (Å²) in [6.45, 7) is 0.869. The molecule has 6 nitrogen and oxygen atoms in total. The van der Waals surface area contributed by atoms with Crippen LogP contribution in [0.25, 0.3) is 0 Å². The van der Waals surface area contributed by atoms with Gasteiger partial charge in [0.15, 0.2) is 0 Å². The molecule has 1 fully saturated rings. The Balaban J connectivity index is 1.87. The van der Waals surface area contributed by atoms with E-state index in [1.807, 2.05) is 14.1 Å². The third-order valence-electron chi connectivity index (χ3n) is 5.97. The van der Waals surface area contributed by atoms with Gasteiger partial charge in [0.05, 0.1) is 10.5 Å². The van der Waals surface area contributed by atoms with Crippen molar-refractivity contribution in [2.24, 2.45) is 5.41 Å². The summed E-state index contributed by atoms with van der Waals surface area (Å²) in [4.78, 5) is 25.4. The predicted molar refractivity (Wildman–Crippen MR) is 116 cm³/mol. The van der Waals surface area contributed by atoms with Crippen LogP contribution >= 0.6 is 0 Å². The molecule has 2 aromatic rings. The van der Waals surface area contributed by atoms with Crippen LogP contribution in [0.1, 0.15) is 60.6 Å². The largest absolute Gasteiger partial charge is 0.454 e. The number of benzene rings is 2. The molecule has 1 saturated carbocycles. The van der Waals surface area contributed by atoms with Gasteiger partial charge in [-0.1, -0.05) is 31.4 Å². The van der Waals surface area contributed by atoms with Gasteiger partial charge in [-0.15, -0.1) is 0 Å². The molecule has 0 bridgehead atoms. The summed E-state index contributed by atoms with van der Waals surface area (Å²) in [6.07, 6.45) is 5.52. The number of carbonyl (C=O) groups is 1. The van der Waals surface area contributed by atoms with Crippen molar-refractivity contribution >= 4 is 11.7 Å². The first-order valence-electron chi connectivity index (χ1n) is 10.6. The molecule has 0 aromatic heterocycles. The fourth-order valence-corrected chi connectivity index (χ4v) is 4.64. The summed E-state index contributed by atoms with van der Waals surface area (Å²) in [6, 6.07) is 11.5. The van der Waals surface area contributed by atoms with Crippen LogP contribution in [0.2, 0.25) is 0 Å². The van der Waals surface area contributed by atoms with E-state index in [9.17, 15) is 19.3 Å². The molecule has 1 unspecified atom stereocenters. The molecule has 0 saturated heterocycles. The molecule has 0 aliphatic heterocycles. The predicted octanol–water partition coefficient (Wildman–Crippen LogP) is 5.53. The molecule has 0 radical (unpaired) electrons. The fourth-order valence-electron chi connectivity index (χ4n) is 4.64. The highest BCUT2D eigenvalue weighted by Gasteiger charge is 2.37. The summed E-state index contributed by atoms with van der Waals surface area (Å²) in [7, 11) is 4.08. The van der Waals surface area contributed by atoms with Crippen LogP contribution in [0.5, 0.6) is 0 Å². The van der Waals surface area contributed by atoms with Crippen molar-refractivity contribution in [2.45, 2.75) is 44.6 Å². The van der Waals surface area contributed by atoms with Crippen molar-refractivity contribution in [1.82, 2.24) is 4.90 Å². The monoisotopic (exact) mass is 428 g/mol. The summed E-state index contributed by atoms with van der Waals surface area (Å²) in [5, 5.41) is 10.9. The number of rotatable bonds is 8. The van der Waals surface area contributed by atoms with Gasteiger partial charge < -0.3 is 9.64 Å². The summed E-state index contributed by atoms with van der Waals surface area (Å²) in [5.41, 5.74) is 0.746. The standard InChI is InChI=1S/C24H29FN2O4/c1-26(2)17-24(13-4-3-5-14-24)16-22(19-7-6-8-20(25)15-19)31-23(28)18-9-11-21(12-10-18)27(29)30/h6-12,15,22H,3-5,13-14,16-17H2,1-2H3. The van der Waals surface area contributed by atoms with Gasteiger partial charge in [0, 0.05) is 18.7 Å². The van der Waals surface area contributed by atoms with Crippen LogP contribution in [0.15, 0.2) is 48.5 Å². The lowest BCUT2D eigenvalue weighted by Crippen LogP contribution is -2.37. The Labute approximate surface area is 182 Å². The smallest absolute Gasteiger partial charge is 0.338 e. The first-order valence-corrected chi connectivity index (χ1v) is 10.6. The Bertz CT molecular complexity index is 908. The van der Waals surface area contributed by atoms with Gasteiger partial charge in [-0.05, 0) is 68.6 Å². The normalized spacial score (nSPS) is 16.6. The number of carbonyl (C=O) groups excluding carboxylic acids is 1. The topological polar surface area (TPSA) is 72.7 Å². The van der Waals surface area contributed by atoms with Gasteiger partial charge >= 0.3 is 5.97 Å². The van der Waals surface area contributed by atoms with Crippen molar-refractivity contribution < 1.29 is 18.8 Å². The second-order valence-corrected chi connectivity index (χ2v) is 8.76. The lowest BCUT2D eigenvalue weighted by Gasteiger charge is -2.41. The zero-order valence-corrected chi connectivity index (χ0v) is 18.1. The van der Waals surface area contributed by atoms with E-state index in [1.165, 1.54) is 42.8 Å². The molecule has 1 aliphatic carbocycles. The highest BCUT2D eigenvalue weighted by atomic mass is 19.1. The zero-order valence-electron chi connectivity index (χ0n) is 18.1. The SMILES string of the molecule is CN(C)CC1(CC(OC(=O)c2ccc([N+](=O)[O-])cc2)c2cccc(F)c2)CCCCC1. The van der Waals surface area contributed by atoms with E-state index >= 15 is 0 Å².